The molecule has 0 aromatic rings. The highest BCUT2D eigenvalue weighted by Crippen LogP contribution is 2.11. The van der Waals surface area contributed by atoms with Crippen LogP contribution in [0.25, 0.3) is 0 Å². The van der Waals surface area contributed by atoms with Crippen molar-refractivity contribution < 1.29 is 38.2 Å². The number of ether oxygens (including phenoxy) is 3. The van der Waals surface area contributed by atoms with E-state index in [9.17, 15) is 19.5 Å². The summed E-state index contributed by atoms with van der Waals surface area (Å²) in [5, 5.41) is 11.6. The number of unbranched alkanes of at least 4 members (excludes halogenated alkanes) is 5. The Morgan fingerprint density at radius 1 is 0.492 bits per heavy atom. The van der Waals surface area contributed by atoms with Crippen LogP contribution in [0.15, 0.2) is 122 Å². The van der Waals surface area contributed by atoms with Crippen molar-refractivity contribution in [2.75, 3.05) is 41.0 Å². The smallest absolute Gasteiger partial charge is 0.306 e. The van der Waals surface area contributed by atoms with Gasteiger partial charge >= 0.3 is 11.9 Å². The highest BCUT2D eigenvalue weighted by molar-refractivity contribution is 5.70. The molecule has 0 heterocycles. The Kier molecular flexibility index (Phi) is 39.5. The number of rotatable bonds is 39. The molecule has 0 aliphatic heterocycles. The molecule has 2 unspecified atom stereocenters. The van der Waals surface area contributed by atoms with Crippen molar-refractivity contribution in [1.29, 1.82) is 0 Å². The summed E-state index contributed by atoms with van der Waals surface area (Å²) in [6, 6.07) is -0.747. The van der Waals surface area contributed by atoms with Crippen LogP contribution in [0, 0.1) is 0 Å². The summed E-state index contributed by atoms with van der Waals surface area (Å²) in [7, 11) is 5.37. The second kappa shape index (κ2) is 42.4. The Morgan fingerprint density at radius 3 is 1.28 bits per heavy atom. The maximum absolute atomic E-state index is 12.7. The van der Waals surface area contributed by atoms with Gasteiger partial charge in [0.15, 0.2) is 6.10 Å². The molecule has 8 nitrogen and oxygen atoms in total. The maximum atomic E-state index is 12.7. The Balaban J connectivity index is 4.48. The molecule has 0 saturated heterocycles. The van der Waals surface area contributed by atoms with Crippen LogP contribution in [0.1, 0.15) is 142 Å². The minimum absolute atomic E-state index is 0.00441. The van der Waals surface area contributed by atoms with E-state index in [0.29, 0.717) is 12.8 Å². The van der Waals surface area contributed by atoms with Crippen LogP contribution in [-0.4, -0.2) is 75.5 Å². The Morgan fingerprint density at radius 2 is 0.869 bits per heavy atom. The van der Waals surface area contributed by atoms with Crippen molar-refractivity contribution in [3.63, 3.8) is 0 Å². The zero-order valence-electron chi connectivity index (χ0n) is 38.8. The number of aliphatic carboxylic acids is 1. The van der Waals surface area contributed by atoms with Gasteiger partial charge in [-0.15, -0.1) is 0 Å². The van der Waals surface area contributed by atoms with E-state index in [1.165, 1.54) is 0 Å². The first-order valence-electron chi connectivity index (χ1n) is 23.1. The lowest BCUT2D eigenvalue weighted by Gasteiger charge is -2.34. The van der Waals surface area contributed by atoms with Gasteiger partial charge in [0.2, 0.25) is 0 Å². The lowest BCUT2D eigenvalue weighted by Crippen LogP contribution is -2.55. The van der Waals surface area contributed by atoms with Crippen molar-refractivity contribution in [1.82, 2.24) is 0 Å². The molecule has 8 heteroatoms. The summed E-state index contributed by atoms with van der Waals surface area (Å²) < 4.78 is 17.1. The average Bonchev–Trinajstić information content (AvgIpc) is 3.22. The monoisotopic (exact) mass is 846 g/mol. The van der Waals surface area contributed by atoms with Gasteiger partial charge in [0.05, 0.1) is 40.3 Å². The molecule has 0 radical (unpaired) electrons. The van der Waals surface area contributed by atoms with E-state index in [4.69, 9.17) is 14.2 Å². The van der Waals surface area contributed by atoms with Crippen molar-refractivity contribution in [2.24, 2.45) is 0 Å². The average molecular weight is 846 g/mol. The van der Waals surface area contributed by atoms with Crippen LogP contribution >= 0.6 is 0 Å². The van der Waals surface area contributed by atoms with Gasteiger partial charge in [-0.3, -0.25) is 9.59 Å². The number of esters is 2. The zero-order chi connectivity index (χ0) is 44.9. The lowest BCUT2D eigenvalue weighted by atomic mass is 10.1. The highest BCUT2D eigenvalue weighted by Gasteiger charge is 2.25. The van der Waals surface area contributed by atoms with Gasteiger partial charge in [0.25, 0.3) is 0 Å². The van der Waals surface area contributed by atoms with Crippen molar-refractivity contribution in [3.8, 4) is 0 Å². The largest absolute Gasteiger partial charge is 0.544 e. The van der Waals surface area contributed by atoms with E-state index in [1.807, 2.05) is 0 Å². The summed E-state index contributed by atoms with van der Waals surface area (Å²) in [6.07, 6.45) is 59.4. The molecular formula is C53H83NO7. The maximum Gasteiger partial charge on any atom is 0.306 e. The van der Waals surface area contributed by atoms with E-state index < -0.39 is 18.1 Å². The van der Waals surface area contributed by atoms with E-state index in [1.54, 1.807) is 21.1 Å². The second-order valence-corrected chi connectivity index (χ2v) is 15.9. The molecular weight excluding hydrogens is 763 g/mol. The molecule has 0 aromatic carbocycles. The topological polar surface area (TPSA) is 102 Å². The molecule has 0 N–H and O–H groups in total. The number of allylic oxidation sites excluding steroid dienone is 20. The lowest BCUT2D eigenvalue weighted by molar-refractivity contribution is -0.889. The van der Waals surface area contributed by atoms with Crippen molar-refractivity contribution in [3.05, 3.63) is 122 Å². The summed E-state index contributed by atoms with van der Waals surface area (Å²) in [5.41, 5.74) is 0. The van der Waals surface area contributed by atoms with Gasteiger partial charge in [0.1, 0.15) is 12.6 Å². The fraction of sp³-hybridized carbons (Fsp3) is 0.566. The predicted octanol–water partition coefficient (Wildman–Crippen LogP) is 11.7. The number of quaternary nitrogens is 1. The minimum Gasteiger partial charge on any atom is -0.544 e. The number of hydrogen-bond donors (Lipinski definition) is 0. The fourth-order valence-corrected chi connectivity index (χ4v) is 5.83. The Hall–Kier alpha value is -4.27. The van der Waals surface area contributed by atoms with Gasteiger partial charge in [-0.1, -0.05) is 142 Å². The molecule has 0 aliphatic carbocycles. The van der Waals surface area contributed by atoms with Gasteiger partial charge < -0.3 is 28.6 Å². The number of carboxylic acids is 1. The van der Waals surface area contributed by atoms with Crippen LogP contribution < -0.4 is 5.11 Å². The zero-order valence-corrected chi connectivity index (χ0v) is 38.8. The standard InChI is InChI=1S/C53H83NO7/c1-6-8-10-12-14-16-18-20-22-24-25-26-27-28-30-31-33-35-37-39-41-43-51(55)60-48-49(47-59-46-45-50(53(57)58)54(3,4)5)61-52(56)44-42-40-38-36-34-32-29-23-21-19-17-15-13-11-9-7-2/h8-11,14-17,20-23,25-26,28,30,32-35,49-50H,6-7,12-13,18-19,24,27,29,31,36-48H2,1-5H3/b10-8+,11-9+,16-14+,17-15+,22-20+,23-21+,26-25+,30-28+,34-32+,35-33+. The van der Waals surface area contributed by atoms with E-state index >= 15 is 0 Å². The van der Waals surface area contributed by atoms with Crippen molar-refractivity contribution >= 4 is 17.9 Å². The van der Waals surface area contributed by atoms with E-state index in [-0.39, 0.29) is 55.5 Å². The summed E-state index contributed by atoms with van der Waals surface area (Å²) in [6.45, 7) is 4.32. The van der Waals surface area contributed by atoms with Crippen LogP contribution in [0.2, 0.25) is 0 Å². The first-order chi connectivity index (χ1) is 29.6. The number of nitrogens with zero attached hydrogens (tertiary/aromatic N) is 1. The third kappa shape index (κ3) is 40.9. The van der Waals surface area contributed by atoms with Crippen LogP contribution in [0.5, 0.6) is 0 Å². The highest BCUT2D eigenvalue weighted by atomic mass is 16.6. The number of likely N-dealkylation sites (N-methyl/N-ethyl adjacent to an activating group) is 1. The number of hydrogen-bond acceptors (Lipinski definition) is 7. The fourth-order valence-electron chi connectivity index (χ4n) is 5.83. The summed E-state index contributed by atoms with van der Waals surface area (Å²) >= 11 is 0. The van der Waals surface area contributed by atoms with Crippen LogP contribution in [0.4, 0.5) is 0 Å². The molecule has 0 saturated carbocycles. The van der Waals surface area contributed by atoms with E-state index in [0.717, 1.165) is 96.3 Å². The molecule has 0 fully saturated rings. The van der Waals surface area contributed by atoms with Gasteiger partial charge in [-0.05, 0) is 103 Å². The van der Waals surface area contributed by atoms with Gasteiger partial charge in [-0.25, -0.2) is 0 Å². The van der Waals surface area contributed by atoms with Crippen molar-refractivity contribution in [2.45, 2.75) is 154 Å². The first-order valence-corrected chi connectivity index (χ1v) is 23.1. The van der Waals surface area contributed by atoms with Crippen LogP contribution in [0.3, 0.4) is 0 Å². The molecule has 0 spiro atoms. The predicted molar refractivity (Wildman–Crippen MR) is 254 cm³/mol. The second-order valence-electron chi connectivity index (χ2n) is 15.9. The Labute approximate surface area is 371 Å². The van der Waals surface area contributed by atoms with Crippen LogP contribution in [-0.2, 0) is 28.6 Å². The van der Waals surface area contributed by atoms with Gasteiger partial charge in [0, 0.05) is 19.3 Å². The molecule has 2 atom stereocenters. The quantitative estimate of drug-likeness (QED) is 0.0263. The normalized spacial score (nSPS) is 14.0. The molecule has 342 valence electrons. The SMILES string of the molecule is CC/C=C/C/C=C/C/C=C/C/C=C/C/C=C/C/C=C/CCCCC(=O)OCC(COCCC(C(=O)[O-])[N+](C)(C)C)OC(=O)CCCCC/C=C/C/C=C/C/C=C/C/C=C/CC. The Bertz CT molecular complexity index is 1400. The number of carbonyl (C=O) groups excluding carboxylic acids is 3. The molecule has 61 heavy (non-hydrogen) atoms. The molecule has 0 aromatic heterocycles. The third-order valence-electron chi connectivity index (χ3n) is 9.34. The molecule has 0 rings (SSSR count). The first kappa shape index (κ1) is 56.7. The number of carbonyl (C=O) groups is 3. The molecule has 0 aliphatic rings. The third-order valence-corrected chi connectivity index (χ3v) is 9.34. The molecule has 0 bridgehead atoms. The number of carboxylic acid groups (broad SMARTS) is 1. The molecule has 0 amide bonds. The summed E-state index contributed by atoms with van der Waals surface area (Å²) in [4.78, 5) is 36.9. The minimum atomic E-state index is -1.14. The van der Waals surface area contributed by atoms with E-state index in [2.05, 4.69) is 135 Å². The summed E-state index contributed by atoms with van der Waals surface area (Å²) in [5.74, 6) is -1.85. The van der Waals surface area contributed by atoms with Gasteiger partial charge in [-0.2, -0.15) is 0 Å².